The van der Waals surface area contributed by atoms with Gasteiger partial charge in [-0.05, 0) is 25.7 Å². The first-order valence-corrected chi connectivity index (χ1v) is 5.99. The van der Waals surface area contributed by atoms with Gasteiger partial charge in [0, 0.05) is 12.0 Å². The molecule has 1 aromatic rings. The summed E-state index contributed by atoms with van der Waals surface area (Å²) in [6.07, 6.45) is 3.85. The molecule has 0 spiro atoms. The standard InChI is InChI=1S/C12H19N3O/c1-3-12(13,4-2)11-14-9(8-5-6-8)7-10(16)15-11/h7-8H,3-6,13H2,1-2H3,(H,14,15,16). The average Bonchev–Trinajstić information content (AvgIpc) is 3.11. The molecule has 4 heteroatoms. The van der Waals surface area contributed by atoms with E-state index < -0.39 is 5.54 Å². The number of hydrogen-bond acceptors (Lipinski definition) is 3. The molecule has 0 saturated heterocycles. The van der Waals surface area contributed by atoms with Crippen molar-refractivity contribution in [3.05, 3.63) is 27.9 Å². The Kier molecular flexibility index (Phi) is 2.84. The summed E-state index contributed by atoms with van der Waals surface area (Å²) < 4.78 is 0. The first-order chi connectivity index (χ1) is 7.59. The molecule has 0 bridgehead atoms. The van der Waals surface area contributed by atoms with Gasteiger partial charge in [0.15, 0.2) is 0 Å². The van der Waals surface area contributed by atoms with Crippen LogP contribution < -0.4 is 11.3 Å². The average molecular weight is 221 g/mol. The predicted octanol–water partition coefficient (Wildman–Crippen LogP) is 1.62. The highest BCUT2D eigenvalue weighted by atomic mass is 16.1. The Morgan fingerprint density at radius 1 is 1.50 bits per heavy atom. The molecule has 1 heterocycles. The van der Waals surface area contributed by atoms with Gasteiger partial charge < -0.3 is 10.7 Å². The van der Waals surface area contributed by atoms with Gasteiger partial charge in [-0.1, -0.05) is 13.8 Å². The van der Waals surface area contributed by atoms with Crippen LogP contribution in [-0.2, 0) is 5.54 Å². The number of H-pyrrole nitrogens is 1. The number of hydrogen-bond donors (Lipinski definition) is 2. The van der Waals surface area contributed by atoms with Gasteiger partial charge in [0.1, 0.15) is 5.82 Å². The van der Waals surface area contributed by atoms with E-state index in [4.69, 9.17) is 5.73 Å². The molecule has 3 N–H and O–H groups in total. The van der Waals surface area contributed by atoms with Gasteiger partial charge in [-0.15, -0.1) is 0 Å². The van der Waals surface area contributed by atoms with E-state index >= 15 is 0 Å². The van der Waals surface area contributed by atoms with E-state index in [2.05, 4.69) is 9.97 Å². The summed E-state index contributed by atoms with van der Waals surface area (Å²) in [5, 5.41) is 0. The molecule has 1 aliphatic rings. The van der Waals surface area contributed by atoms with Crippen molar-refractivity contribution in [1.29, 1.82) is 0 Å². The molecule has 0 amide bonds. The molecule has 1 saturated carbocycles. The first kappa shape index (κ1) is 11.3. The Balaban J connectivity index is 2.43. The fourth-order valence-corrected chi connectivity index (χ4v) is 1.89. The molecule has 0 aliphatic heterocycles. The van der Waals surface area contributed by atoms with Gasteiger partial charge in [0.2, 0.25) is 0 Å². The zero-order valence-corrected chi connectivity index (χ0v) is 9.92. The first-order valence-electron chi connectivity index (χ1n) is 5.99. The summed E-state index contributed by atoms with van der Waals surface area (Å²) in [5.74, 6) is 1.13. The van der Waals surface area contributed by atoms with Crippen molar-refractivity contribution < 1.29 is 0 Å². The van der Waals surface area contributed by atoms with Crippen molar-refractivity contribution in [2.45, 2.75) is 51.0 Å². The van der Waals surface area contributed by atoms with Crippen molar-refractivity contribution in [2.24, 2.45) is 5.73 Å². The van der Waals surface area contributed by atoms with Crippen molar-refractivity contribution >= 4 is 0 Å². The highest BCUT2D eigenvalue weighted by Gasteiger charge is 2.30. The zero-order valence-electron chi connectivity index (χ0n) is 9.92. The van der Waals surface area contributed by atoms with Crippen LogP contribution in [0.4, 0.5) is 0 Å². The van der Waals surface area contributed by atoms with Crippen LogP contribution in [0.2, 0.25) is 0 Å². The van der Waals surface area contributed by atoms with Crippen LogP contribution in [0.1, 0.15) is 57.0 Å². The van der Waals surface area contributed by atoms with Crippen molar-refractivity contribution in [3.63, 3.8) is 0 Å². The van der Waals surface area contributed by atoms with Crippen LogP contribution in [0, 0.1) is 0 Å². The molecular weight excluding hydrogens is 202 g/mol. The number of nitrogens with two attached hydrogens (primary N) is 1. The molecule has 0 aromatic carbocycles. The normalized spacial score (nSPS) is 16.4. The number of aromatic nitrogens is 2. The zero-order chi connectivity index (χ0) is 11.8. The van der Waals surface area contributed by atoms with Crippen LogP contribution in [-0.4, -0.2) is 9.97 Å². The number of nitrogens with one attached hydrogen (secondary N) is 1. The lowest BCUT2D eigenvalue weighted by Gasteiger charge is -2.25. The third-order valence-electron chi connectivity index (χ3n) is 3.49. The minimum absolute atomic E-state index is 0.0800. The van der Waals surface area contributed by atoms with Crippen LogP contribution in [0.25, 0.3) is 0 Å². The fourth-order valence-electron chi connectivity index (χ4n) is 1.89. The lowest BCUT2D eigenvalue weighted by molar-refractivity contribution is 0.384. The van der Waals surface area contributed by atoms with Crippen LogP contribution in [0.15, 0.2) is 10.9 Å². The second kappa shape index (κ2) is 4.01. The van der Waals surface area contributed by atoms with Crippen molar-refractivity contribution in [1.82, 2.24) is 9.97 Å². The highest BCUT2D eigenvalue weighted by molar-refractivity contribution is 5.17. The molecule has 0 atom stereocenters. The maximum Gasteiger partial charge on any atom is 0.251 e. The summed E-state index contributed by atoms with van der Waals surface area (Å²) in [7, 11) is 0. The Morgan fingerprint density at radius 3 is 2.62 bits per heavy atom. The van der Waals surface area contributed by atoms with Gasteiger partial charge in [-0.25, -0.2) is 4.98 Å². The molecule has 1 aromatic heterocycles. The van der Waals surface area contributed by atoms with Crippen molar-refractivity contribution in [2.75, 3.05) is 0 Å². The molecule has 0 unspecified atom stereocenters. The number of nitrogens with zero attached hydrogens (tertiary/aromatic N) is 1. The SMILES string of the molecule is CCC(N)(CC)c1nc(C2CC2)cc(=O)[nH]1. The number of rotatable bonds is 4. The van der Waals surface area contributed by atoms with Crippen LogP contribution >= 0.6 is 0 Å². The topological polar surface area (TPSA) is 71.8 Å². The van der Waals surface area contributed by atoms with Gasteiger partial charge in [0.05, 0.1) is 11.2 Å². The van der Waals surface area contributed by atoms with Gasteiger partial charge in [-0.3, -0.25) is 4.79 Å². The Labute approximate surface area is 95.3 Å². The molecular formula is C12H19N3O. The van der Waals surface area contributed by atoms with Crippen molar-refractivity contribution in [3.8, 4) is 0 Å². The van der Waals surface area contributed by atoms with Gasteiger partial charge >= 0.3 is 0 Å². The van der Waals surface area contributed by atoms with E-state index in [0.29, 0.717) is 11.7 Å². The van der Waals surface area contributed by atoms with E-state index in [1.165, 1.54) is 0 Å². The Bertz CT molecular complexity index is 430. The maximum absolute atomic E-state index is 11.6. The number of aromatic amines is 1. The lowest BCUT2D eigenvalue weighted by atomic mass is 9.93. The molecule has 4 nitrogen and oxygen atoms in total. The highest BCUT2D eigenvalue weighted by Crippen LogP contribution is 2.38. The van der Waals surface area contributed by atoms with Crippen LogP contribution in [0.3, 0.4) is 0 Å². The largest absolute Gasteiger partial charge is 0.319 e. The molecule has 2 rings (SSSR count). The summed E-state index contributed by atoms with van der Waals surface area (Å²) in [4.78, 5) is 18.9. The summed E-state index contributed by atoms with van der Waals surface area (Å²) in [6.45, 7) is 4.04. The second-order valence-corrected chi connectivity index (χ2v) is 4.66. The quantitative estimate of drug-likeness (QED) is 0.811. The van der Waals surface area contributed by atoms with E-state index in [-0.39, 0.29) is 5.56 Å². The van der Waals surface area contributed by atoms with Crippen LogP contribution in [0.5, 0.6) is 0 Å². The van der Waals surface area contributed by atoms with E-state index in [0.717, 1.165) is 31.4 Å². The monoisotopic (exact) mass is 221 g/mol. The second-order valence-electron chi connectivity index (χ2n) is 4.66. The smallest absolute Gasteiger partial charge is 0.251 e. The molecule has 16 heavy (non-hydrogen) atoms. The minimum atomic E-state index is -0.496. The Morgan fingerprint density at radius 2 is 2.12 bits per heavy atom. The Hall–Kier alpha value is -1.16. The van der Waals surface area contributed by atoms with Gasteiger partial charge in [0.25, 0.3) is 5.56 Å². The lowest BCUT2D eigenvalue weighted by Crippen LogP contribution is -2.39. The molecule has 1 fully saturated rings. The summed E-state index contributed by atoms with van der Waals surface area (Å²) in [6, 6.07) is 1.60. The van der Waals surface area contributed by atoms with E-state index in [1.807, 2.05) is 13.8 Å². The predicted molar refractivity (Wildman–Crippen MR) is 63.3 cm³/mol. The molecule has 88 valence electrons. The third kappa shape index (κ3) is 2.02. The summed E-state index contributed by atoms with van der Waals surface area (Å²) >= 11 is 0. The summed E-state index contributed by atoms with van der Waals surface area (Å²) in [5.41, 5.74) is 6.58. The molecule has 1 aliphatic carbocycles. The fraction of sp³-hybridized carbons (Fsp3) is 0.667. The third-order valence-corrected chi connectivity index (χ3v) is 3.49. The van der Waals surface area contributed by atoms with Gasteiger partial charge in [-0.2, -0.15) is 0 Å². The maximum atomic E-state index is 11.6. The van der Waals surface area contributed by atoms with E-state index in [1.54, 1.807) is 6.07 Å². The minimum Gasteiger partial charge on any atom is -0.319 e. The van der Waals surface area contributed by atoms with E-state index in [9.17, 15) is 4.79 Å². The molecule has 0 radical (unpaired) electrons.